The molecule has 0 aliphatic heterocycles. The summed E-state index contributed by atoms with van der Waals surface area (Å²) in [5.74, 6) is -1.28. The molecule has 0 aliphatic carbocycles. The number of esters is 1. The summed E-state index contributed by atoms with van der Waals surface area (Å²) in [5.41, 5.74) is 0.654. The lowest BCUT2D eigenvalue weighted by atomic mass is 10.2. The van der Waals surface area contributed by atoms with E-state index in [1.807, 2.05) is 0 Å². The molecule has 116 valence electrons. The summed E-state index contributed by atoms with van der Waals surface area (Å²) in [5, 5.41) is 3.72. The van der Waals surface area contributed by atoms with Gasteiger partial charge < -0.3 is 9.26 Å². The molecular formula is C16H10F2N2O3. The van der Waals surface area contributed by atoms with E-state index >= 15 is 0 Å². The summed E-state index contributed by atoms with van der Waals surface area (Å²) < 4.78 is 35.8. The Morgan fingerprint density at radius 2 is 1.87 bits per heavy atom. The monoisotopic (exact) mass is 316 g/mol. The van der Waals surface area contributed by atoms with Crippen LogP contribution in [-0.2, 0) is 11.3 Å². The molecule has 0 unspecified atom stereocenters. The number of carbonyl (C=O) groups excluding carboxylic acids is 1. The van der Waals surface area contributed by atoms with Gasteiger partial charge in [-0.15, -0.1) is 0 Å². The fourth-order valence-corrected chi connectivity index (χ4v) is 1.86. The number of hydrogen-bond donors (Lipinski definition) is 0. The van der Waals surface area contributed by atoms with Gasteiger partial charge in [-0.3, -0.25) is 0 Å². The summed E-state index contributed by atoms with van der Waals surface area (Å²) in [6.07, 6.45) is 0. The predicted octanol–water partition coefficient (Wildman–Crippen LogP) is 3.37. The first-order valence-corrected chi connectivity index (χ1v) is 6.63. The molecule has 5 nitrogen and oxygen atoms in total. The van der Waals surface area contributed by atoms with Crippen molar-refractivity contribution in [3.63, 3.8) is 0 Å². The number of benzene rings is 2. The van der Waals surface area contributed by atoms with Crippen LogP contribution in [0, 0.1) is 11.6 Å². The second-order valence-electron chi connectivity index (χ2n) is 4.61. The molecule has 0 N–H and O–H groups in total. The highest BCUT2D eigenvalue weighted by Crippen LogP contribution is 2.16. The Bertz CT molecular complexity index is 831. The summed E-state index contributed by atoms with van der Waals surface area (Å²) >= 11 is 0. The van der Waals surface area contributed by atoms with Crippen molar-refractivity contribution in [1.82, 2.24) is 10.1 Å². The van der Waals surface area contributed by atoms with E-state index < -0.39 is 11.8 Å². The van der Waals surface area contributed by atoms with Crippen LogP contribution in [0.2, 0.25) is 0 Å². The lowest BCUT2D eigenvalue weighted by Crippen LogP contribution is -2.05. The van der Waals surface area contributed by atoms with E-state index in [0.29, 0.717) is 5.56 Å². The van der Waals surface area contributed by atoms with Crippen molar-refractivity contribution in [3.05, 3.63) is 71.6 Å². The summed E-state index contributed by atoms with van der Waals surface area (Å²) in [7, 11) is 0. The largest absolute Gasteiger partial charge is 0.452 e. The zero-order chi connectivity index (χ0) is 16.2. The van der Waals surface area contributed by atoms with Crippen molar-refractivity contribution in [3.8, 4) is 11.4 Å². The zero-order valence-electron chi connectivity index (χ0n) is 11.7. The topological polar surface area (TPSA) is 65.2 Å². The Hall–Kier alpha value is -3.09. The molecule has 3 rings (SSSR count). The van der Waals surface area contributed by atoms with Gasteiger partial charge in [-0.25, -0.2) is 13.6 Å². The maximum atomic E-state index is 13.0. The number of rotatable bonds is 4. The van der Waals surface area contributed by atoms with Crippen molar-refractivity contribution in [2.45, 2.75) is 6.61 Å². The molecule has 0 amide bonds. The van der Waals surface area contributed by atoms with Gasteiger partial charge in [0.05, 0.1) is 5.56 Å². The van der Waals surface area contributed by atoms with Gasteiger partial charge in [-0.05, 0) is 42.5 Å². The molecule has 0 bridgehead atoms. The Balaban J connectivity index is 1.65. The minimum absolute atomic E-state index is 0.0779. The second-order valence-corrected chi connectivity index (χ2v) is 4.61. The Kier molecular flexibility index (Phi) is 4.09. The molecule has 0 spiro atoms. The molecule has 1 heterocycles. The first-order valence-electron chi connectivity index (χ1n) is 6.63. The molecular weight excluding hydrogens is 306 g/mol. The first-order chi connectivity index (χ1) is 11.1. The fraction of sp³-hybridized carbons (Fsp3) is 0.0625. The van der Waals surface area contributed by atoms with Crippen LogP contribution in [0.4, 0.5) is 8.78 Å². The van der Waals surface area contributed by atoms with Gasteiger partial charge >= 0.3 is 5.97 Å². The Morgan fingerprint density at radius 3 is 2.61 bits per heavy atom. The maximum Gasteiger partial charge on any atom is 0.338 e. The van der Waals surface area contributed by atoms with Crippen LogP contribution in [0.15, 0.2) is 53.1 Å². The first kappa shape index (κ1) is 14.8. The minimum atomic E-state index is -0.703. The van der Waals surface area contributed by atoms with Crippen molar-refractivity contribution in [2.75, 3.05) is 0 Å². The third-order valence-corrected chi connectivity index (χ3v) is 2.96. The Labute approximate surface area is 129 Å². The normalized spacial score (nSPS) is 10.5. The molecule has 7 heteroatoms. The van der Waals surface area contributed by atoms with Gasteiger partial charge in [-0.2, -0.15) is 4.98 Å². The van der Waals surface area contributed by atoms with Gasteiger partial charge in [-0.1, -0.05) is 11.2 Å². The lowest BCUT2D eigenvalue weighted by molar-refractivity contribution is 0.0429. The van der Waals surface area contributed by atoms with E-state index in [4.69, 9.17) is 9.26 Å². The maximum absolute atomic E-state index is 13.0. The molecule has 0 atom stereocenters. The fourth-order valence-electron chi connectivity index (χ4n) is 1.86. The molecule has 0 saturated heterocycles. The van der Waals surface area contributed by atoms with Crippen molar-refractivity contribution >= 4 is 5.97 Å². The summed E-state index contributed by atoms with van der Waals surface area (Å²) in [4.78, 5) is 15.8. The molecule has 2 aromatic carbocycles. The van der Waals surface area contributed by atoms with Crippen LogP contribution in [0.1, 0.15) is 16.2 Å². The van der Waals surface area contributed by atoms with Crippen molar-refractivity contribution in [1.29, 1.82) is 0 Å². The molecule has 0 radical (unpaired) electrons. The van der Waals surface area contributed by atoms with Gasteiger partial charge in [0.25, 0.3) is 5.89 Å². The van der Waals surface area contributed by atoms with Crippen LogP contribution in [0.3, 0.4) is 0 Å². The van der Waals surface area contributed by atoms with Crippen molar-refractivity contribution in [2.24, 2.45) is 0 Å². The highest BCUT2D eigenvalue weighted by atomic mass is 19.1. The van der Waals surface area contributed by atoms with Gasteiger partial charge in [0.15, 0.2) is 6.61 Å². The van der Waals surface area contributed by atoms with E-state index in [1.165, 1.54) is 42.5 Å². The molecule has 23 heavy (non-hydrogen) atoms. The van der Waals surface area contributed by atoms with Crippen LogP contribution in [0.5, 0.6) is 0 Å². The summed E-state index contributed by atoms with van der Waals surface area (Å²) in [6.45, 7) is -0.246. The van der Waals surface area contributed by atoms with E-state index in [-0.39, 0.29) is 29.7 Å². The molecule has 1 aromatic heterocycles. The summed E-state index contributed by atoms with van der Waals surface area (Å²) in [6, 6.07) is 10.7. The van der Waals surface area contributed by atoms with Crippen LogP contribution < -0.4 is 0 Å². The predicted molar refractivity (Wildman–Crippen MR) is 75.2 cm³/mol. The SMILES string of the molecule is O=C(OCc1nc(-c2ccc(F)cc2)no1)c1cccc(F)c1. The van der Waals surface area contributed by atoms with Crippen LogP contribution in [0.25, 0.3) is 11.4 Å². The molecule has 0 saturated carbocycles. The molecule has 0 fully saturated rings. The third-order valence-electron chi connectivity index (χ3n) is 2.96. The third kappa shape index (κ3) is 3.57. The number of carbonyl (C=O) groups is 1. The number of halogens is 2. The smallest absolute Gasteiger partial charge is 0.338 e. The average molecular weight is 316 g/mol. The minimum Gasteiger partial charge on any atom is -0.452 e. The lowest BCUT2D eigenvalue weighted by Gasteiger charge is -2.01. The number of nitrogens with zero attached hydrogens (tertiary/aromatic N) is 2. The van der Waals surface area contributed by atoms with Crippen LogP contribution in [-0.4, -0.2) is 16.1 Å². The van der Waals surface area contributed by atoms with E-state index in [0.717, 1.165) is 6.07 Å². The molecule has 3 aromatic rings. The van der Waals surface area contributed by atoms with Gasteiger partial charge in [0.1, 0.15) is 11.6 Å². The number of hydrogen-bond acceptors (Lipinski definition) is 5. The second kappa shape index (κ2) is 6.35. The number of aromatic nitrogens is 2. The quantitative estimate of drug-likeness (QED) is 0.690. The van der Waals surface area contributed by atoms with Gasteiger partial charge in [0.2, 0.25) is 5.82 Å². The van der Waals surface area contributed by atoms with E-state index in [9.17, 15) is 13.6 Å². The van der Waals surface area contributed by atoms with Gasteiger partial charge in [0, 0.05) is 5.56 Å². The van der Waals surface area contributed by atoms with E-state index in [2.05, 4.69) is 10.1 Å². The highest BCUT2D eigenvalue weighted by Gasteiger charge is 2.13. The standard InChI is InChI=1S/C16H10F2N2O3/c17-12-6-4-10(5-7-12)15-19-14(23-20-15)9-22-16(21)11-2-1-3-13(18)8-11/h1-8H,9H2. The average Bonchev–Trinajstić information content (AvgIpc) is 3.02. The Morgan fingerprint density at radius 1 is 1.09 bits per heavy atom. The molecule has 0 aliphatic rings. The van der Waals surface area contributed by atoms with E-state index in [1.54, 1.807) is 0 Å². The van der Waals surface area contributed by atoms with Crippen LogP contribution >= 0.6 is 0 Å². The zero-order valence-corrected chi connectivity index (χ0v) is 11.7. The van der Waals surface area contributed by atoms with Crippen molar-refractivity contribution < 1.29 is 22.8 Å². The highest BCUT2D eigenvalue weighted by molar-refractivity contribution is 5.89. The number of ether oxygens (including phenoxy) is 1.